The number of ether oxygens (including phenoxy) is 2. The summed E-state index contributed by atoms with van der Waals surface area (Å²) in [6, 6.07) is 15.6. The molecule has 120 valence electrons. The molecule has 0 aliphatic carbocycles. The van der Waals surface area contributed by atoms with Crippen molar-refractivity contribution in [2.75, 3.05) is 0 Å². The number of hydrogen-bond donors (Lipinski definition) is 1. The molecule has 2 rings (SSSR count). The molecular formula is C17H16BrNO4. The van der Waals surface area contributed by atoms with Gasteiger partial charge in [-0.25, -0.2) is 4.79 Å². The van der Waals surface area contributed by atoms with Gasteiger partial charge in [0.1, 0.15) is 5.75 Å². The van der Waals surface area contributed by atoms with Gasteiger partial charge in [-0.1, -0.05) is 46.3 Å². The van der Waals surface area contributed by atoms with Crippen LogP contribution in [0.3, 0.4) is 0 Å². The van der Waals surface area contributed by atoms with E-state index in [4.69, 9.17) is 15.2 Å². The highest BCUT2D eigenvalue weighted by Crippen LogP contribution is 2.20. The van der Waals surface area contributed by atoms with Gasteiger partial charge in [-0.15, -0.1) is 0 Å². The summed E-state index contributed by atoms with van der Waals surface area (Å²) in [4.78, 5) is 23.7. The van der Waals surface area contributed by atoms with Gasteiger partial charge in [0, 0.05) is 10.0 Å². The number of benzene rings is 2. The number of halogens is 1. The Morgan fingerprint density at radius 1 is 1.04 bits per heavy atom. The van der Waals surface area contributed by atoms with Crippen LogP contribution >= 0.6 is 15.9 Å². The quantitative estimate of drug-likeness (QED) is 0.784. The molecule has 0 radical (unpaired) electrons. The van der Waals surface area contributed by atoms with Gasteiger partial charge in [-0.3, -0.25) is 4.79 Å². The van der Waals surface area contributed by atoms with Crippen LogP contribution in [0.4, 0.5) is 0 Å². The third-order valence-electron chi connectivity index (χ3n) is 3.05. The lowest BCUT2D eigenvalue weighted by atomic mass is 10.1. The maximum absolute atomic E-state index is 12.1. The van der Waals surface area contributed by atoms with Gasteiger partial charge in [0.2, 0.25) is 6.10 Å². The highest BCUT2D eigenvalue weighted by Gasteiger charge is 2.26. The molecule has 0 saturated carbocycles. The van der Waals surface area contributed by atoms with Crippen LogP contribution in [0.5, 0.6) is 5.75 Å². The van der Waals surface area contributed by atoms with Crippen molar-refractivity contribution in [1.82, 2.24) is 0 Å². The molecule has 0 aliphatic heterocycles. The molecule has 0 bridgehead atoms. The maximum Gasteiger partial charge on any atom is 0.348 e. The summed E-state index contributed by atoms with van der Waals surface area (Å²) < 4.78 is 11.6. The summed E-state index contributed by atoms with van der Waals surface area (Å²) >= 11 is 3.32. The molecular weight excluding hydrogens is 362 g/mol. The number of primary amides is 1. The van der Waals surface area contributed by atoms with E-state index in [1.807, 2.05) is 0 Å². The molecule has 2 atom stereocenters. The molecule has 0 aliphatic rings. The average molecular weight is 378 g/mol. The Kier molecular flexibility index (Phi) is 5.76. The zero-order chi connectivity index (χ0) is 16.8. The van der Waals surface area contributed by atoms with Crippen molar-refractivity contribution in [1.29, 1.82) is 0 Å². The van der Waals surface area contributed by atoms with Crippen molar-refractivity contribution in [2.45, 2.75) is 19.1 Å². The fourth-order valence-corrected chi connectivity index (χ4v) is 2.16. The number of rotatable bonds is 6. The van der Waals surface area contributed by atoms with Gasteiger partial charge in [-0.05, 0) is 31.2 Å². The second kappa shape index (κ2) is 7.78. The number of esters is 1. The van der Waals surface area contributed by atoms with Crippen molar-refractivity contribution in [3.8, 4) is 5.75 Å². The SMILES string of the molecule is CC(Oc1ccc(Br)cc1)C(=O)OC(C(N)=O)c1ccccc1. The van der Waals surface area contributed by atoms with E-state index in [1.165, 1.54) is 0 Å². The van der Waals surface area contributed by atoms with Crippen LogP contribution in [0.25, 0.3) is 0 Å². The zero-order valence-corrected chi connectivity index (χ0v) is 14.0. The summed E-state index contributed by atoms with van der Waals surface area (Å²) in [5, 5.41) is 0. The molecule has 2 N–H and O–H groups in total. The third kappa shape index (κ3) is 4.82. The molecule has 0 aromatic heterocycles. The lowest BCUT2D eigenvalue weighted by Crippen LogP contribution is -2.32. The van der Waals surface area contributed by atoms with Gasteiger partial charge in [0.25, 0.3) is 5.91 Å². The summed E-state index contributed by atoms with van der Waals surface area (Å²) in [7, 11) is 0. The minimum Gasteiger partial charge on any atom is -0.479 e. The minimum absolute atomic E-state index is 0.518. The van der Waals surface area contributed by atoms with Crippen molar-refractivity contribution < 1.29 is 19.1 Å². The normalized spacial score (nSPS) is 13.0. The van der Waals surface area contributed by atoms with Gasteiger partial charge in [0.15, 0.2) is 6.10 Å². The third-order valence-corrected chi connectivity index (χ3v) is 3.58. The summed E-state index contributed by atoms with van der Waals surface area (Å²) in [6.45, 7) is 1.55. The minimum atomic E-state index is -1.14. The van der Waals surface area contributed by atoms with E-state index < -0.39 is 24.1 Å². The Morgan fingerprint density at radius 3 is 2.22 bits per heavy atom. The van der Waals surface area contributed by atoms with E-state index in [0.29, 0.717) is 11.3 Å². The molecule has 6 heteroatoms. The summed E-state index contributed by atoms with van der Waals surface area (Å²) in [6.07, 6.45) is -2.01. The van der Waals surface area contributed by atoms with Crippen LogP contribution in [-0.4, -0.2) is 18.0 Å². The first-order valence-electron chi connectivity index (χ1n) is 6.94. The van der Waals surface area contributed by atoms with Crippen molar-refractivity contribution in [3.05, 3.63) is 64.6 Å². The first-order valence-corrected chi connectivity index (χ1v) is 7.73. The maximum atomic E-state index is 12.1. The Labute approximate surface area is 142 Å². The second-order valence-corrected chi connectivity index (χ2v) is 5.76. The predicted molar refractivity (Wildman–Crippen MR) is 88.7 cm³/mol. The highest BCUT2D eigenvalue weighted by atomic mass is 79.9. The van der Waals surface area contributed by atoms with E-state index in [1.54, 1.807) is 61.5 Å². The Hall–Kier alpha value is -2.34. The van der Waals surface area contributed by atoms with Crippen LogP contribution < -0.4 is 10.5 Å². The van der Waals surface area contributed by atoms with E-state index in [0.717, 1.165) is 4.47 Å². The van der Waals surface area contributed by atoms with Crippen LogP contribution in [0.2, 0.25) is 0 Å². The highest BCUT2D eigenvalue weighted by molar-refractivity contribution is 9.10. The summed E-state index contributed by atoms with van der Waals surface area (Å²) in [5.74, 6) is -0.881. The van der Waals surface area contributed by atoms with Crippen molar-refractivity contribution >= 4 is 27.8 Å². The van der Waals surface area contributed by atoms with E-state index in [-0.39, 0.29) is 0 Å². The lowest BCUT2D eigenvalue weighted by molar-refractivity contribution is -0.161. The van der Waals surface area contributed by atoms with Gasteiger partial charge in [-0.2, -0.15) is 0 Å². The largest absolute Gasteiger partial charge is 0.479 e. The molecule has 2 unspecified atom stereocenters. The predicted octanol–water partition coefficient (Wildman–Crippen LogP) is 2.99. The fourth-order valence-electron chi connectivity index (χ4n) is 1.90. The molecule has 0 heterocycles. The Morgan fingerprint density at radius 2 is 1.65 bits per heavy atom. The average Bonchev–Trinajstić information content (AvgIpc) is 2.55. The van der Waals surface area contributed by atoms with E-state index >= 15 is 0 Å². The smallest absolute Gasteiger partial charge is 0.348 e. The number of carbonyl (C=O) groups excluding carboxylic acids is 2. The Balaban J connectivity index is 2.03. The lowest BCUT2D eigenvalue weighted by Gasteiger charge is -2.19. The molecule has 23 heavy (non-hydrogen) atoms. The second-order valence-electron chi connectivity index (χ2n) is 4.84. The van der Waals surface area contributed by atoms with Crippen LogP contribution in [0.1, 0.15) is 18.6 Å². The Bertz CT molecular complexity index is 673. The number of carbonyl (C=O) groups is 2. The zero-order valence-electron chi connectivity index (χ0n) is 12.4. The topological polar surface area (TPSA) is 78.6 Å². The first kappa shape index (κ1) is 17.0. The monoisotopic (exact) mass is 377 g/mol. The number of amides is 1. The van der Waals surface area contributed by atoms with Crippen LogP contribution in [0, 0.1) is 0 Å². The molecule has 0 spiro atoms. The van der Waals surface area contributed by atoms with Crippen LogP contribution in [-0.2, 0) is 14.3 Å². The van der Waals surface area contributed by atoms with E-state index in [2.05, 4.69) is 15.9 Å². The molecule has 0 saturated heterocycles. The van der Waals surface area contributed by atoms with Crippen LogP contribution in [0.15, 0.2) is 59.1 Å². The number of nitrogens with two attached hydrogens (primary N) is 1. The van der Waals surface area contributed by atoms with Crippen molar-refractivity contribution in [3.63, 3.8) is 0 Å². The molecule has 0 fully saturated rings. The van der Waals surface area contributed by atoms with Gasteiger partial charge in [0.05, 0.1) is 0 Å². The molecule has 1 amide bonds. The number of hydrogen-bond acceptors (Lipinski definition) is 4. The van der Waals surface area contributed by atoms with Crippen molar-refractivity contribution in [2.24, 2.45) is 5.73 Å². The molecule has 5 nitrogen and oxygen atoms in total. The molecule has 2 aromatic rings. The van der Waals surface area contributed by atoms with E-state index in [9.17, 15) is 9.59 Å². The standard InChI is InChI=1S/C17H16BrNO4/c1-11(22-14-9-7-13(18)8-10-14)17(21)23-15(16(19)20)12-5-3-2-4-6-12/h2-11,15H,1H3,(H2,19,20). The van der Waals surface area contributed by atoms with Gasteiger partial charge >= 0.3 is 5.97 Å². The first-order chi connectivity index (χ1) is 11.0. The van der Waals surface area contributed by atoms with Gasteiger partial charge < -0.3 is 15.2 Å². The summed E-state index contributed by atoms with van der Waals surface area (Å²) in [5.41, 5.74) is 5.84. The fraction of sp³-hybridized carbons (Fsp3) is 0.176. The molecule has 2 aromatic carbocycles.